The standard InChI is InChI=1S/C27H26ClN5OS/c1-16-10-12-30-24(13-16)32-17(2)14-20(18(32)3)26-25(22-7-5-6-11-29-22)31-27(35)33(26)19-8-9-23(34-4)21(28)15-19/h5-15,25-26H,1-4H3,(H,31,35)/t25-,26+/m1/s1. The molecule has 35 heavy (non-hydrogen) atoms. The molecule has 0 radical (unpaired) electrons. The summed E-state index contributed by atoms with van der Waals surface area (Å²) in [6.45, 7) is 6.31. The van der Waals surface area contributed by atoms with Crippen molar-refractivity contribution in [2.75, 3.05) is 12.0 Å². The fourth-order valence-electron chi connectivity index (χ4n) is 4.84. The van der Waals surface area contributed by atoms with Gasteiger partial charge in [-0.3, -0.25) is 4.98 Å². The van der Waals surface area contributed by atoms with Gasteiger partial charge in [0.2, 0.25) is 0 Å². The highest BCUT2D eigenvalue weighted by molar-refractivity contribution is 7.80. The zero-order valence-electron chi connectivity index (χ0n) is 20.0. The van der Waals surface area contributed by atoms with Crippen molar-refractivity contribution in [3.8, 4) is 11.6 Å². The lowest BCUT2D eigenvalue weighted by Crippen LogP contribution is -2.29. The number of nitrogens with zero attached hydrogens (tertiary/aromatic N) is 4. The number of halogens is 1. The second kappa shape index (κ2) is 9.32. The topological polar surface area (TPSA) is 55.2 Å². The van der Waals surface area contributed by atoms with Gasteiger partial charge in [0.15, 0.2) is 5.11 Å². The Morgan fingerprint density at radius 2 is 1.83 bits per heavy atom. The number of pyridine rings is 2. The zero-order valence-corrected chi connectivity index (χ0v) is 21.6. The first kappa shape index (κ1) is 23.3. The number of rotatable bonds is 5. The molecule has 1 aromatic carbocycles. The van der Waals surface area contributed by atoms with E-state index < -0.39 is 0 Å². The third-order valence-corrected chi connectivity index (χ3v) is 7.04. The van der Waals surface area contributed by atoms with E-state index in [1.807, 2.05) is 54.9 Å². The zero-order chi connectivity index (χ0) is 24.7. The van der Waals surface area contributed by atoms with E-state index in [1.54, 1.807) is 7.11 Å². The van der Waals surface area contributed by atoms with Crippen LogP contribution in [0.1, 0.15) is 40.3 Å². The molecule has 3 aromatic heterocycles. The molecular weight excluding hydrogens is 478 g/mol. The number of benzene rings is 1. The molecule has 0 unspecified atom stereocenters. The first-order chi connectivity index (χ1) is 16.9. The third kappa shape index (κ3) is 4.15. The van der Waals surface area contributed by atoms with E-state index in [4.69, 9.17) is 28.6 Å². The number of hydrogen-bond acceptors (Lipinski definition) is 4. The minimum Gasteiger partial charge on any atom is -0.495 e. The van der Waals surface area contributed by atoms with Crippen LogP contribution in [0.2, 0.25) is 5.02 Å². The van der Waals surface area contributed by atoms with Gasteiger partial charge in [0.1, 0.15) is 11.6 Å². The number of aromatic nitrogens is 3. The molecule has 6 nitrogen and oxygen atoms in total. The lowest BCUT2D eigenvalue weighted by atomic mass is 9.96. The van der Waals surface area contributed by atoms with Crippen LogP contribution in [0.25, 0.3) is 5.82 Å². The Balaban J connectivity index is 1.68. The van der Waals surface area contributed by atoms with E-state index in [2.05, 4.69) is 57.7 Å². The van der Waals surface area contributed by atoms with Crippen molar-refractivity contribution >= 4 is 34.6 Å². The van der Waals surface area contributed by atoms with Gasteiger partial charge in [0.05, 0.1) is 29.9 Å². The van der Waals surface area contributed by atoms with Gasteiger partial charge < -0.3 is 19.5 Å². The number of methoxy groups -OCH3 is 1. The van der Waals surface area contributed by atoms with Crippen molar-refractivity contribution < 1.29 is 4.74 Å². The minimum atomic E-state index is -0.149. The Hall–Kier alpha value is -3.42. The molecule has 4 aromatic rings. The van der Waals surface area contributed by atoms with Crippen LogP contribution in [0.5, 0.6) is 5.75 Å². The van der Waals surface area contributed by atoms with Gasteiger partial charge in [-0.15, -0.1) is 0 Å². The van der Waals surface area contributed by atoms with Gasteiger partial charge in [-0.1, -0.05) is 17.7 Å². The van der Waals surface area contributed by atoms with Crippen LogP contribution < -0.4 is 15.0 Å². The lowest BCUT2D eigenvalue weighted by Gasteiger charge is -2.28. The molecule has 0 saturated carbocycles. The summed E-state index contributed by atoms with van der Waals surface area (Å²) in [5.41, 5.74) is 6.30. The summed E-state index contributed by atoms with van der Waals surface area (Å²) in [6.07, 6.45) is 3.65. The highest BCUT2D eigenvalue weighted by atomic mass is 35.5. The van der Waals surface area contributed by atoms with Crippen LogP contribution in [0.15, 0.2) is 67.0 Å². The molecule has 0 bridgehead atoms. The molecule has 1 aliphatic heterocycles. The van der Waals surface area contributed by atoms with Gasteiger partial charge in [-0.25, -0.2) is 4.98 Å². The SMILES string of the molecule is COc1ccc(N2C(=S)N[C@H](c3ccccn3)[C@@H]2c2cc(C)n(-c3cc(C)ccn3)c2C)cc1Cl. The number of aryl methyl sites for hydroxylation is 2. The normalized spacial score (nSPS) is 17.5. The minimum absolute atomic E-state index is 0.147. The second-order valence-corrected chi connectivity index (χ2v) is 9.46. The first-order valence-electron chi connectivity index (χ1n) is 11.3. The van der Waals surface area contributed by atoms with Gasteiger partial charge in [0, 0.05) is 29.5 Å². The van der Waals surface area contributed by atoms with E-state index in [0.717, 1.165) is 39.7 Å². The summed E-state index contributed by atoms with van der Waals surface area (Å²) in [6, 6.07) is 17.7. The summed E-state index contributed by atoms with van der Waals surface area (Å²) < 4.78 is 7.56. The first-order valence-corrected chi connectivity index (χ1v) is 12.1. The molecule has 1 saturated heterocycles. The molecular formula is C27H26ClN5OS. The van der Waals surface area contributed by atoms with Crippen molar-refractivity contribution in [1.82, 2.24) is 19.9 Å². The van der Waals surface area contributed by atoms with E-state index >= 15 is 0 Å². The average Bonchev–Trinajstić information content (AvgIpc) is 3.34. The molecule has 1 fully saturated rings. The molecule has 0 amide bonds. The van der Waals surface area contributed by atoms with Crippen LogP contribution in [-0.4, -0.2) is 26.8 Å². The van der Waals surface area contributed by atoms with Crippen molar-refractivity contribution in [3.63, 3.8) is 0 Å². The van der Waals surface area contributed by atoms with E-state index in [9.17, 15) is 0 Å². The number of hydrogen-bond donors (Lipinski definition) is 1. The highest BCUT2D eigenvalue weighted by Crippen LogP contribution is 2.44. The Morgan fingerprint density at radius 3 is 2.51 bits per heavy atom. The third-order valence-electron chi connectivity index (χ3n) is 6.43. The number of nitrogens with one attached hydrogen (secondary N) is 1. The molecule has 178 valence electrons. The van der Waals surface area contributed by atoms with Crippen LogP contribution in [0.3, 0.4) is 0 Å². The average molecular weight is 504 g/mol. The van der Waals surface area contributed by atoms with Gasteiger partial charge in [-0.2, -0.15) is 0 Å². The summed E-state index contributed by atoms with van der Waals surface area (Å²) >= 11 is 12.4. The molecule has 4 heterocycles. The highest BCUT2D eigenvalue weighted by Gasteiger charge is 2.42. The predicted molar refractivity (Wildman–Crippen MR) is 144 cm³/mol. The molecule has 1 N–H and O–H groups in total. The number of thiocarbonyl (C=S) groups is 1. The Bertz CT molecular complexity index is 1400. The van der Waals surface area contributed by atoms with Crippen LogP contribution in [0.4, 0.5) is 5.69 Å². The Kier molecular flexibility index (Phi) is 6.21. The number of anilines is 1. The van der Waals surface area contributed by atoms with Gasteiger partial charge in [-0.05, 0) is 92.6 Å². The van der Waals surface area contributed by atoms with Gasteiger partial charge >= 0.3 is 0 Å². The van der Waals surface area contributed by atoms with E-state index in [1.165, 1.54) is 0 Å². The molecule has 0 spiro atoms. The van der Waals surface area contributed by atoms with Crippen molar-refractivity contribution in [1.29, 1.82) is 0 Å². The molecule has 8 heteroatoms. The maximum absolute atomic E-state index is 6.52. The summed E-state index contributed by atoms with van der Waals surface area (Å²) in [5, 5.41) is 4.66. The molecule has 1 aliphatic rings. The fraction of sp³-hybridized carbons (Fsp3) is 0.222. The summed E-state index contributed by atoms with van der Waals surface area (Å²) in [7, 11) is 1.61. The second-order valence-electron chi connectivity index (χ2n) is 8.67. The van der Waals surface area contributed by atoms with E-state index in [-0.39, 0.29) is 12.1 Å². The fourth-order valence-corrected chi connectivity index (χ4v) is 5.43. The summed E-state index contributed by atoms with van der Waals surface area (Å²) in [4.78, 5) is 11.4. The van der Waals surface area contributed by atoms with Crippen molar-refractivity contribution in [2.24, 2.45) is 0 Å². The Labute approximate surface area is 215 Å². The van der Waals surface area contributed by atoms with Crippen LogP contribution >= 0.6 is 23.8 Å². The predicted octanol–water partition coefficient (Wildman–Crippen LogP) is 6.03. The van der Waals surface area contributed by atoms with Gasteiger partial charge in [0.25, 0.3) is 0 Å². The van der Waals surface area contributed by atoms with Crippen molar-refractivity contribution in [2.45, 2.75) is 32.9 Å². The quantitative estimate of drug-likeness (QED) is 0.335. The maximum Gasteiger partial charge on any atom is 0.174 e. The molecule has 0 aliphatic carbocycles. The van der Waals surface area contributed by atoms with Crippen LogP contribution in [-0.2, 0) is 0 Å². The maximum atomic E-state index is 6.52. The van der Waals surface area contributed by atoms with Crippen molar-refractivity contribution in [3.05, 3.63) is 100 Å². The lowest BCUT2D eigenvalue weighted by molar-refractivity contribution is 0.415. The number of ether oxygens (including phenoxy) is 1. The molecule has 2 atom stereocenters. The van der Waals surface area contributed by atoms with E-state index in [0.29, 0.717) is 15.9 Å². The monoisotopic (exact) mass is 503 g/mol. The largest absolute Gasteiger partial charge is 0.495 e. The smallest absolute Gasteiger partial charge is 0.174 e. The molecule has 5 rings (SSSR count). The summed E-state index contributed by atoms with van der Waals surface area (Å²) in [5.74, 6) is 1.52. The Morgan fingerprint density at radius 1 is 1.00 bits per heavy atom. The van der Waals surface area contributed by atoms with Crippen LogP contribution in [0, 0.1) is 20.8 Å².